The minimum Gasteiger partial charge on any atom is -0.468 e. The lowest BCUT2D eigenvalue weighted by Crippen LogP contribution is -2.41. The number of rotatable bonds is 14. The Labute approximate surface area is 205 Å². The molecule has 0 spiro atoms. The van der Waals surface area contributed by atoms with Gasteiger partial charge in [0.05, 0.1) is 20.3 Å². The molecule has 196 valence electrons. The summed E-state index contributed by atoms with van der Waals surface area (Å²) in [5, 5.41) is 2.99. The van der Waals surface area contributed by atoms with Crippen LogP contribution in [0.3, 0.4) is 0 Å². The zero-order valence-electron chi connectivity index (χ0n) is 20.9. The fourth-order valence-corrected chi connectivity index (χ4v) is 2.81. The summed E-state index contributed by atoms with van der Waals surface area (Å²) >= 11 is 0. The number of carbonyl (C=O) groups excluding carboxylic acids is 4. The van der Waals surface area contributed by atoms with Crippen molar-refractivity contribution in [2.24, 2.45) is 5.92 Å². The van der Waals surface area contributed by atoms with Gasteiger partial charge in [0.25, 0.3) is 0 Å². The molecule has 1 aromatic carbocycles. The Bertz CT molecular complexity index is 840. The van der Waals surface area contributed by atoms with Crippen LogP contribution in [-0.2, 0) is 35.0 Å². The third-order valence-corrected chi connectivity index (χ3v) is 4.53. The van der Waals surface area contributed by atoms with Crippen LogP contribution in [0, 0.1) is 5.92 Å². The number of esters is 2. The number of hydrogen-bond donors (Lipinski definition) is 1. The Kier molecular flexibility index (Phi) is 13.8. The lowest BCUT2D eigenvalue weighted by atomic mass is 10.1. The first kappa shape index (κ1) is 29.7. The van der Waals surface area contributed by atoms with Gasteiger partial charge < -0.3 is 33.7 Å². The van der Waals surface area contributed by atoms with Gasteiger partial charge in [0, 0.05) is 13.0 Å². The molecule has 0 radical (unpaired) electrons. The van der Waals surface area contributed by atoms with Gasteiger partial charge in [-0.25, -0.2) is 9.59 Å². The maximum absolute atomic E-state index is 12.3. The normalized spacial score (nSPS) is 11.4. The third-order valence-electron chi connectivity index (χ3n) is 4.53. The first-order valence-electron chi connectivity index (χ1n) is 11.5. The van der Waals surface area contributed by atoms with Gasteiger partial charge in [-0.05, 0) is 50.3 Å². The summed E-state index contributed by atoms with van der Waals surface area (Å²) in [5.41, 5.74) is 0.567. The molecule has 35 heavy (non-hydrogen) atoms. The van der Waals surface area contributed by atoms with Crippen molar-refractivity contribution in [2.45, 2.75) is 53.0 Å². The van der Waals surface area contributed by atoms with Gasteiger partial charge in [-0.2, -0.15) is 0 Å². The summed E-state index contributed by atoms with van der Waals surface area (Å²) in [6.07, 6.45) is -0.733. The molecule has 0 heterocycles. The second-order valence-corrected chi connectivity index (χ2v) is 7.74. The molecule has 1 aromatic rings. The SMILES string of the molecule is CCOC(=O)Oc1ccc(C[C@H](NCCOC(=O)CCC(C)C)C(=O)OC)cc1OC(=O)OCC. The van der Waals surface area contributed by atoms with Gasteiger partial charge in [-0.1, -0.05) is 19.9 Å². The minimum absolute atomic E-state index is 0.0591. The average molecular weight is 498 g/mol. The molecule has 0 fully saturated rings. The van der Waals surface area contributed by atoms with Crippen molar-refractivity contribution in [1.29, 1.82) is 0 Å². The standard InChI is InChI=1S/C24H35NO10/c1-6-31-23(28)34-19-10-9-17(15-20(19)35-24(29)32-7-2)14-18(22(27)30-5)25-12-13-33-21(26)11-8-16(3)4/h9-10,15-16,18,25H,6-8,11-14H2,1-5H3/t18-/m0/s1. The highest BCUT2D eigenvalue weighted by Gasteiger charge is 2.22. The molecule has 0 saturated carbocycles. The van der Waals surface area contributed by atoms with Gasteiger partial charge in [0.1, 0.15) is 12.6 Å². The van der Waals surface area contributed by atoms with E-state index in [4.69, 9.17) is 28.4 Å². The van der Waals surface area contributed by atoms with Crippen molar-refractivity contribution >= 4 is 24.2 Å². The van der Waals surface area contributed by atoms with E-state index in [0.717, 1.165) is 6.42 Å². The fourth-order valence-electron chi connectivity index (χ4n) is 2.81. The number of carbonyl (C=O) groups is 4. The largest absolute Gasteiger partial charge is 0.513 e. The van der Waals surface area contributed by atoms with Crippen molar-refractivity contribution in [3.05, 3.63) is 23.8 Å². The molecule has 0 aliphatic carbocycles. The molecule has 1 atom stereocenters. The van der Waals surface area contributed by atoms with Crippen molar-refractivity contribution in [3.63, 3.8) is 0 Å². The molecule has 11 heteroatoms. The third kappa shape index (κ3) is 12.1. The Hall–Kier alpha value is -3.34. The molecule has 1 rings (SSSR count). The monoisotopic (exact) mass is 497 g/mol. The lowest BCUT2D eigenvalue weighted by molar-refractivity contribution is -0.144. The van der Waals surface area contributed by atoms with Gasteiger partial charge in [0.15, 0.2) is 11.5 Å². The van der Waals surface area contributed by atoms with E-state index in [-0.39, 0.29) is 50.3 Å². The topological polar surface area (TPSA) is 136 Å². The quantitative estimate of drug-likeness (QED) is 0.175. The van der Waals surface area contributed by atoms with Gasteiger partial charge >= 0.3 is 24.2 Å². The van der Waals surface area contributed by atoms with Crippen LogP contribution in [-0.4, -0.2) is 63.8 Å². The van der Waals surface area contributed by atoms with E-state index >= 15 is 0 Å². The number of benzene rings is 1. The molecule has 0 aliphatic heterocycles. The van der Waals surface area contributed by atoms with Crippen molar-refractivity contribution in [3.8, 4) is 11.5 Å². The van der Waals surface area contributed by atoms with Gasteiger partial charge in [-0.3, -0.25) is 9.59 Å². The highest BCUT2D eigenvalue weighted by molar-refractivity contribution is 5.76. The Morgan fingerprint density at radius 3 is 2.11 bits per heavy atom. The molecule has 0 bridgehead atoms. The van der Waals surface area contributed by atoms with E-state index < -0.39 is 24.3 Å². The molecular formula is C24H35NO10. The number of hydrogen-bond acceptors (Lipinski definition) is 11. The van der Waals surface area contributed by atoms with E-state index in [9.17, 15) is 19.2 Å². The molecular weight excluding hydrogens is 462 g/mol. The number of methoxy groups -OCH3 is 1. The van der Waals surface area contributed by atoms with Crippen LogP contribution in [0.25, 0.3) is 0 Å². The van der Waals surface area contributed by atoms with Crippen LogP contribution in [0.4, 0.5) is 9.59 Å². The Morgan fingerprint density at radius 2 is 1.54 bits per heavy atom. The Balaban J connectivity index is 2.87. The molecule has 1 N–H and O–H groups in total. The van der Waals surface area contributed by atoms with Gasteiger partial charge in [0.2, 0.25) is 0 Å². The summed E-state index contributed by atoms with van der Waals surface area (Å²) in [6, 6.07) is 3.67. The summed E-state index contributed by atoms with van der Waals surface area (Å²) < 4.78 is 29.8. The number of nitrogens with one attached hydrogen (secondary N) is 1. The highest BCUT2D eigenvalue weighted by atomic mass is 16.7. The van der Waals surface area contributed by atoms with E-state index in [1.54, 1.807) is 19.9 Å². The van der Waals surface area contributed by atoms with Crippen LogP contribution in [0.5, 0.6) is 11.5 Å². The molecule has 0 aliphatic rings. The van der Waals surface area contributed by atoms with Crippen LogP contribution in [0.1, 0.15) is 46.1 Å². The van der Waals surface area contributed by atoms with Crippen molar-refractivity contribution in [1.82, 2.24) is 5.32 Å². The zero-order valence-corrected chi connectivity index (χ0v) is 20.9. The Morgan fingerprint density at radius 1 is 0.914 bits per heavy atom. The lowest BCUT2D eigenvalue weighted by Gasteiger charge is -2.18. The summed E-state index contributed by atoms with van der Waals surface area (Å²) in [7, 11) is 1.26. The summed E-state index contributed by atoms with van der Waals surface area (Å²) in [4.78, 5) is 47.6. The predicted molar refractivity (Wildman–Crippen MR) is 124 cm³/mol. The fraction of sp³-hybridized carbons (Fsp3) is 0.583. The average Bonchev–Trinajstić information content (AvgIpc) is 2.81. The molecule has 11 nitrogen and oxygen atoms in total. The second kappa shape index (κ2) is 16.3. The molecule has 0 unspecified atom stereocenters. The maximum Gasteiger partial charge on any atom is 0.513 e. The summed E-state index contributed by atoms with van der Waals surface area (Å²) in [6.45, 7) is 7.78. The smallest absolute Gasteiger partial charge is 0.468 e. The minimum atomic E-state index is -0.986. The van der Waals surface area contributed by atoms with Crippen LogP contribution in [0.15, 0.2) is 18.2 Å². The van der Waals surface area contributed by atoms with E-state index in [1.807, 2.05) is 13.8 Å². The van der Waals surface area contributed by atoms with Gasteiger partial charge in [-0.15, -0.1) is 0 Å². The molecule has 0 amide bonds. The first-order valence-corrected chi connectivity index (χ1v) is 11.5. The second-order valence-electron chi connectivity index (χ2n) is 7.74. The molecule has 0 saturated heterocycles. The van der Waals surface area contributed by atoms with E-state index in [1.165, 1.54) is 19.2 Å². The highest BCUT2D eigenvalue weighted by Crippen LogP contribution is 2.30. The van der Waals surface area contributed by atoms with E-state index in [2.05, 4.69) is 5.32 Å². The number of ether oxygens (including phenoxy) is 6. The van der Waals surface area contributed by atoms with Crippen LogP contribution >= 0.6 is 0 Å². The van der Waals surface area contributed by atoms with E-state index in [0.29, 0.717) is 17.9 Å². The van der Waals surface area contributed by atoms with Crippen molar-refractivity contribution in [2.75, 3.05) is 33.5 Å². The maximum atomic E-state index is 12.3. The van der Waals surface area contributed by atoms with Crippen LogP contribution in [0.2, 0.25) is 0 Å². The zero-order chi connectivity index (χ0) is 26.2. The first-order chi connectivity index (χ1) is 16.7. The van der Waals surface area contributed by atoms with Crippen molar-refractivity contribution < 1.29 is 47.6 Å². The summed E-state index contributed by atoms with van der Waals surface area (Å²) in [5.74, 6) is -0.576. The molecule has 0 aromatic heterocycles. The van der Waals surface area contributed by atoms with Crippen LogP contribution < -0.4 is 14.8 Å². The predicted octanol–water partition coefficient (Wildman–Crippen LogP) is 3.41.